The number of benzene rings is 10. The summed E-state index contributed by atoms with van der Waals surface area (Å²) in [6.45, 7) is 0. The Bertz CT molecular complexity index is 3960. The Morgan fingerprint density at radius 3 is 1.77 bits per heavy atom. The number of hydrogen-bond donors (Lipinski definition) is 0. The molecule has 298 valence electrons. The third kappa shape index (κ3) is 6.03. The van der Waals surface area contributed by atoms with Crippen LogP contribution in [0, 0.1) is 0 Å². The number of nitrogens with zero attached hydrogens (tertiary/aromatic N) is 2. The van der Waals surface area contributed by atoms with Gasteiger partial charge in [0.25, 0.3) is 0 Å². The van der Waals surface area contributed by atoms with Crippen molar-refractivity contribution in [2.75, 3.05) is 0 Å². The van der Waals surface area contributed by atoms with E-state index in [-0.39, 0.29) is 0 Å². The van der Waals surface area contributed by atoms with Gasteiger partial charge in [-0.25, -0.2) is 9.97 Å². The van der Waals surface area contributed by atoms with Gasteiger partial charge in [0.05, 0.1) is 11.4 Å². The Kier molecular flexibility index (Phi) is 8.40. The Hall–Kier alpha value is -8.18. The molecule has 0 spiro atoms. The first-order valence-electron chi connectivity index (χ1n) is 21.6. The highest BCUT2D eigenvalue weighted by Crippen LogP contribution is 2.42. The number of rotatable bonds is 6. The molecule has 13 aromatic rings. The fourth-order valence-corrected chi connectivity index (χ4v) is 10.9. The van der Waals surface area contributed by atoms with E-state index in [9.17, 15) is 0 Å². The van der Waals surface area contributed by atoms with Crippen molar-refractivity contribution in [2.45, 2.75) is 0 Å². The van der Waals surface area contributed by atoms with Crippen molar-refractivity contribution in [3.63, 3.8) is 0 Å². The van der Waals surface area contributed by atoms with Gasteiger partial charge in [0.15, 0.2) is 5.82 Å². The molecule has 0 N–H and O–H groups in total. The van der Waals surface area contributed by atoms with Crippen LogP contribution >= 0.6 is 11.3 Å². The average Bonchev–Trinajstić information content (AvgIpc) is 3.94. The van der Waals surface area contributed by atoms with Crippen LogP contribution in [0.15, 0.2) is 223 Å². The summed E-state index contributed by atoms with van der Waals surface area (Å²) in [6.07, 6.45) is 0. The van der Waals surface area contributed by atoms with E-state index < -0.39 is 0 Å². The highest BCUT2D eigenvalue weighted by atomic mass is 32.1. The second-order valence-corrected chi connectivity index (χ2v) is 17.5. The van der Waals surface area contributed by atoms with Crippen molar-refractivity contribution >= 4 is 75.0 Å². The SMILES string of the molecule is c1cc(-c2ccc(-c3cccc4c3sc3ccccc34)cc2)cc(-c2cc(-c3cccc4oc5cc(-c6cccc7ccccc67)ccc5c34)nc(-c3cccc4ccccc34)n2)c1. The maximum Gasteiger partial charge on any atom is 0.161 e. The molecule has 0 amide bonds. The molecule has 4 heteroatoms. The van der Waals surface area contributed by atoms with E-state index in [0.29, 0.717) is 5.82 Å². The molecule has 64 heavy (non-hydrogen) atoms. The topological polar surface area (TPSA) is 38.9 Å². The zero-order valence-electron chi connectivity index (χ0n) is 34.5. The lowest BCUT2D eigenvalue weighted by molar-refractivity contribution is 0.669. The van der Waals surface area contributed by atoms with E-state index in [4.69, 9.17) is 14.4 Å². The molecule has 13 rings (SSSR count). The first-order chi connectivity index (χ1) is 31.7. The van der Waals surface area contributed by atoms with Crippen LogP contribution in [0.4, 0.5) is 0 Å². The van der Waals surface area contributed by atoms with E-state index in [1.54, 1.807) is 0 Å². The standard InChI is InChI=1S/C60H36N2OS/c1-3-18-44-38(12-1)14-8-21-46(44)42-32-33-52-56(35-42)63-55-26-11-25-51(58(52)55)54-36-53(61-60(62-54)50-24-9-15-39-13-2-4-19-45(39)50)43-17-7-16-41(34-43)37-28-30-40(31-29-37)47-22-10-23-49-48-20-5-6-27-57(48)64-59(47)49/h1-36H. The Morgan fingerprint density at radius 2 is 0.922 bits per heavy atom. The average molecular weight is 833 g/mol. The molecule has 0 fully saturated rings. The first kappa shape index (κ1) is 36.5. The van der Waals surface area contributed by atoms with Crippen molar-refractivity contribution in [3.05, 3.63) is 218 Å². The fraction of sp³-hybridized carbons (Fsp3) is 0. The van der Waals surface area contributed by atoms with Crippen LogP contribution in [0.1, 0.15) is 0 Å². The molecule has 0 aliphatic carbocycles. The van der Waals surface area contributed by atoms with Gasteiger partial charge < -0.3 is 4.42 Å². The lowest BCUT2D eigenvalue weighted by Gasteiger charge is -2.13. The van der Waals surface area contributed by atoms with Gasteiger partial charge >= 0.3 is 0 Å². The minimum Gasteiger partial charge on any atom is -0.456 e. The van der Waals surface area contributed by atoms with Crippen LogP contribution < -0.4 is 0 Å². The first-order valence-corrected chi connectivity index (χ1v) is 22.4. The molecule has 10 aromatic carbocycles. The molecule has 3 nitrogen and oxygen atoms in total. The smallest absolute Gasteiger partial charge is 0.161 e. The summed E-state index contributed by atoms with van der Waals surface area (Å²) < 4.78 is 9.31. The molecule has 3 heterocycles. The fourth-order valence-electron chi connectivity index (χ4n) is 9.63. The second-order valence-electron chi connectivity index (χ2n) is 16.4. The minimum absolute atomic E-state index is 0.678. The van der Waals surface area contributed by atoms with Crippen molar-refractivity contribution < 1.29 is 4.42 Å². The molecule has 0 bridgehead atoms. The molecule has 3 aromatic heterocycles. The molecule has 0 atom stereocenters. The largest absolute Gasteiger partial charge is 0.456 e. The summed E-state index contributed by atoms with van der Waals surface area (Å²) in [5.74, 6) is 0.678. The van der Waals surface area contributed by atoms with Crippen molar-refractivity contribution in [3.8, 4) is 67.3 Å². The summed E-state index contributed by atoms with van der Waals surface area (Å²) >= 11 is 1.87. The molecule has 0 radical (unpaired) electrons. The molecular formula is C60H36N2OS. The van der Waals surface area contributed by atoms with Gasteiger partial charge in [-0.1, -0.05) is 182 Å². The number of aromatic nitrogens is 2. The summed E-state index contributed by atoms with van der Waals surface area (Å²) in [4.78, 5) is 10.7. The van der Waals surface area contributed by atoms with Gasteiger partial charge in [-0.3, -0.25) is 0 Å². The summed E-state index contributed by atoms with van der Waals surface area (Å²) in [5.41, 5.74) is 13.4. The normalized spacial score (nSPS) is 11.8. The van der Waals surface area contributed by atoms with Gasteiger partial charge in [-0.15, -0.1) is 11.3 Å². The van der Waals surface area contributed by atoms with Crippen LogP contribution in [-0.4, -0.2) is 9.97 Å². The van der Waals surface area contributed by atoms with Crippen LogP contribution in [0.5, 0.6) is 0 Å². The zero-order chi connectivity index (χ0) is 42.1. The molecule has 0 saturated heterocycles. The van der Waals surface area contributed by atoms with E-state index in [1.807, 2.05) is 11.3 Å². The van der Waals surface area contributed by atoms with Gasteiger partial charge in [0.2, 0.25) is 0 Å². The van der Waals surface area contributed by atoms with E-state index in [2.05, 4.69) is 218 Å². The number of thiophene rings is 1. The minimum atomic E-state index is 0.678. The molecule has 0 aliphatic heterocycles. The summed E-state index contributed by atoms with van der Waals surface area (Å²) in [6, 6.07) is 77.9. The predicted octanol–water partition coefficient (Wildman–Crippen LogP) is 17.1. The zero-order valence-corrected chi connectivity index (χ0v) is 35.3. The molecule has 0 unspecified atom stereocenters. The van der Waals surface area contributed by atoms with Gasteiger partial charge in [-0.05, 0) is 91.3 Å². The third-order valence-electron chi connectivity index (χ3n) is 12.7. The monoisotopic (exact) mass is 832 g/mol. The lowest BCUT2D eigenvalue weighted by Crippen LogP contribution is -1.97. The quantitative estimate of drug-likeness (QED) is 0.168. The van der Waals surface area contributed by atoms with E-state index in [1.165, 1.54) is 47.6 Å². The highest BCUT2D eigenvalue weighted by molar-refractivity contribution is 7.26. The lowest BCUT2D eigenvalue weighted by atomic mass is 9.96. The van der Waals surface area contributed by atoms with Crippen LogP contribution in [0.2, 0.25) is 0 Å². The molecular weight excluding hydrogens is 797 g/mol. The Morgan fingerprint density at radius 1 is 0.328 bits per heavy atom. The van der Waals surface area contributed by atoms with E-state index >= 15 is 0 Å². The predicted molar refractivity (Wildman–Crippen MR) is 270 cm³/mol. The molecule has 0 aliphatic rings. The van der Waals surface area contributed by atoms with Crippen molar-refractivity contribution in [2.24, 2.45) is 0 Å². The number of hydrogen-bond acceptors (Lipinski definition) is 4. The summed E-state index contributed by atoms with van der Waals surface area (Å²) in [7, 11) is 0. The van der Waals surface area contributed by atoms with Gasteiger partial charge in [0.1, 0.15) is 11.2 Å². The van der Waals surface area contributed by atoms with Crippen molar-refractivity contribution in [1.82, 2.24) is 9.97 Å². The Balaban J connectivity index is 0.936. The van der Waals surface area contributed by atoms with Gasteiger partial charge in [0, 0.05) is 47.6 Å². The maximum atomic E-state index is 6.67. The van der Waals surface area contributed by atoms with Crippen LogP contribution in [-0.2, 0) is 0 Å². The van der Waals surface area contributed by atoms with Gasteiger partial charge in [-0.2, -0.15) is 0 Å². The summed E-state index contributed by atoms with van der Waals surface area (Å²) in [5, 5.41) is 9.41. The number of furan rings is 1. The van der Waals surface area contributed by atoms with Crippen molar-refractivity contribution in [1.29, 1.82) is 0 Å². The second kappa shape index (κ2) is 14.7. The van der Waals surface area contributed by atoms with Crippen LogP contribution in [0.3, 0.4) is 0 Å². The van der Waals surface area contributed by atoms with E-state index in [0.717, 1.165) is 77.5 Å². The Labute approximate surface area is 373 Å². The molecule has 0 saturated carbocycles. The third-order valence-corrected chi connectivity index (χ3v) is 13.9. The highest BCUT2D eigenvalue weighted by Gasteiger charge is 2.19. The number of fused-ring (bicyclic) bond motifs is 8. The maximum absolute atomic E-state index is 6.67. The van der Waals surface area contributed by atoms with Crippen LogP contribution in [0.25, 0.3) is 131 Å².